The van der Waals surface area contributed by atoms with Gasteiger partial charge in [-0.3, -0.25) is 4.79 Å². The molecule has 1 amide bonds. The van der Waals surface area contributed by atoms with Crippen LogP contribution in [-0.2, 0) is 0 Å². The van der Waals surface area contributed by atoms with Crippen molar-refractivity contribution in [2.24, 2.45) is 0 Å². The Labute approximate surface area is 108 Å². The summed E-state index contributed by atoms with van der Waals surface area (Å²) < 4.78 is 13.0. The first-order chi connectivity index (χ1) is 8.56. The van der Waals surface area contributed by atoms with Crippen LogP contribution < -0.4 is 5.32 Å². The van der Waals surface area contributed by atoms with Gasteiger partial charge in [-0.25, -0.2) is 14.4 Å². The van der Waals surface area contributed by atoms with Gasteiger partial charge in [0.2, 0.25) is 0 Å². The Morgan fingerprint density at radius 2 is 2.17 bits per heavy atom. The van der Waals surface area contributed by atoms with Gasteiger partial charge in [-0.2, -0.15) is 0 Å². The Bertz CT molecular complexity index is 604. The molecule has 2 rings (SSSR count). The maximum Gasteiger partial charge on any atom is 0.260 e. The van der Waals surface area contributed by atoms with Crippen molar-refractivity contribution in [1.82, 2.24) is 9.97 Å². The van der Waals surface area contributed by atoms with E-state index in [9.17, 15) is 9.18 Å². The number of nitrogens with one attached hydrogen (secondary N) is 1. The van der Waals surface area contributed by atoms with Crippen molar-refractivity contribution in [2.75, 3.05) is 5.32 Å². The lowest BCUT2D eigenvalue weighted by Crippen LogP contribution is -2.14. The zero-order chi connectivity index (χ0) is 13.1. The minimum atomic E-state index is -0.623. The average Bonchev–Trinajstić information content (AvgIpc) is 2.32. The van der Waals surface area contributed by atoms with E-state index in [1.54, 1.807) is 18.3 Å². The third kappa shape index (κ3) is 2.81. The van der Waals surface area contributed by atoms with E-state index >= 15 is 0 Å². The second kappa shape index (κ2) is 5.10. The summed E-state index contributed by atoms with van der Waals surface area (Å²) in [6, 6.07) is 4.52. The molecule has 0 atom stereocenters. The molecule has 0 unspecified atom stereocenters. The van der Waals surface area contributed by atoms with E-state index in [1.165, 1.54) is 0 Å². The van der Waals surface area contributed by atoms with Gasteiger partial charge < -0.3 is 5.32 Å². The third-order valence-corrected chi connectivity index (χ3v) is 2.51. The monoisotopic (exact) mass is 265 g/mol. The Balaban J connectivity index is 2.24. The average molecular weight is 266 g/mol. The highest BCUT2D eigenvalue weighted by Crippen LogP contribution is 2.15. The molecule has 0 fully saturated rings. The number of anilines is 1. The molecule has 2 aromatic heterocycles. The smallest absolute Gasteiger partial charge is 0.260 e. The fourth-order valence-electron chi connectivity index (χ4n) is 1.37. The molecule has 4 nitrogen and oxygen atoms in total. The van der Waals surface area contributed by atoms with Crippen molar-refractivity contribution in [3.05, 3.63) is 52.7 Å². The van der Waals surface area contributed by atoms with Crippen molar-refractivity contribution in [3.8, 4) is 0 Å². The second-order valence-corrected chi connectivity index (χ2v) is 4.02. The van der Waals surface area contributed by atoms with Gasteiger partial charge in [0.15, 0.2) is 0 Å². The highest BCUT2D eigenvalue weighted by Gasteiger charge is 2.13. The molecule has 18 heavy (non-hydrogen) atoms. The summed E-state index contributed by atoms with van der Waals surface area (Å²) >= 11 is 5.73. The Morgan fingerprint density at radius 3 is 2.89 bits per heavy atom. The molecule has 92 valence electrons. The van der Waals surface area contributed by atoms with E-state index < -0.39 is 11.7 Å². The Hall–Kier alpha value is -2.01. The first-order valence-electron chi connectivity index (χ1n) is 5.11. The molecule has 2 heterocycles. The van der Waals surface area contributed by atoms with Crippen LogP contribution in [0.15, 0.2) is 30.6 Å². The van der Waals surface area contributed by atoms with Crippen LogP contribution in [0.2, 0.25) is 5.15 Å². The van der Waals surface area contributed by atoms with E-state index in [0.29, 0.717) is 5.82 Å². The predicted molar refractivity (Wildman–Crippen MR) is 66.1 cm³/mol. The fourth-order valence-corrected chi connectivity index (χ4v) is 1.56. The highest BCUT2D eigenvalue weighted by molar-refractivity contribution is 6.33. The van der Waals surface area contributed by atoms with Crippen LogP contribution in [0.3, 0.4) is 0 Å². The molecule has 0 saturated carbocycles. The van der Waals surface area contributed by atoms with Crippen LogP contribution in [0.25, 0.3) is 0 Å². The summed E-state index contributed by atoms with van der Waals surface area (Å²) in [5.41, 5.74) is 0.920. The van der Waals surface area contributed by atoms with Crippen LogP contribution in [-0.4, -0.2) is 15.9 Å². The topological polar surface area (TPSA) is 54.9 Å². The number of amides is 1. The SMILES string of the molecule is Cc1ccnc(NC(=O)c2cc(F)cnc2Cl)c1. The summed E-state index contributed by atoms with van der Waals surface area (Å²) in [6.07, 6.45) is 2.51. The fraction of sp³-hybridized carbons (Fsp3) is 0.0833. The highest BCUT2D eigenvalue weighted by atomic mass is 35.5. The van der Waals surface area contributed by atoms with Crippen LogP contribution in [0, 0.1) is 12.7 Å². The summed E-state index contributed by atoms with van der Waals surface area (Å²) in [7, 11) is 0. The third-order valence-electron chi connectivity index (χ3n) is 2.21. The molecule has 6 heteroatoms. The number of carbonyl (C=O) groups is 1. The summed E-state index contributed by atoms with van der Waals surface area (Å²) in [4.78, 5) is 19.4. The molecule has 2 aromatic rings. The number of hydrogen-bond acceptors (Lipinski definition) is 3. The van der Waals surface area contributed by atoms with Crippen LogP contribution in [0.4, 0.5) is 10.2 Å². The van der Waals surface area contributed by atoms with Crippen LogP contribution in [0.5, 0.6) is 0 Å². The number of pyridine rings is 2. The normalized spacial score (nSPS) is 10.2. The van der Waals surface area contributed by atoms with Crippen molar-refractivity contribution in [1.29, 1.82) is 0 Å². The van der Waals surface area contributed by atoms with E-state index in [4.69, 9.17) is 11.6 Å². The molecule has 0 saturated heterocycles. The van der Waals surface area contributed by atoms with Crippen molar-refractivity contribution >= 4 is 23.3 Å². The zero-order valence-electron chi connectivity index (χ0n) is 9.45. The van der Waals surface area contributed by atoms with Gasteiger partial charge in [0.25, 0.3) is 5.91 Å². The standard InChI is InChI=1S/C12H9ClFN3O/c1-7-2-3-15-10(4-7)17-12(18)9-5-8(14)6-16-11(9)13/h2-6H,1H3,(H,15,17,18). The lowest BCUT2D eigenvalue weighted by molar-refractivity contribution is 0.102. The number of aromatic nitrogens is 2. The van der Waals surface area contributed by atoms with Gasteiger partial charge in [-0.1, -0.05) is 11.6 Å². The number of aryl methyl sites for hydroxylation is 1. The summed E-state index contributed by atoms with van der Waals surface area (Å²) in [6.45, 7) is 1.87. The number of nitrogens with zero attached hydrogens (tertiary/aromatic N) is 2. The van der Waals surface area contributed by atoms with Gasteiger partial charge >= 0.3 is 0 Å². The van der Waals surface area contributed by atoms with Crippen molar-refractivity contribution in [3.63, 3.8) is 0 Å². The molecule has 0 aromatic carbocycles. The number of rotatable bonds is 2. The van der Waals surface area contributed by atoms with Crippen LogP contribution in [0.1, 0.15) is 15.9 Å². The van der Waals surface area contributed by atoms with E-state index in [1.807, 2.05) is 6.92 Å². The van der Waals surface area contributed by atoms with Crippen molar-refractivity contribution in [2.45, 2.75) is 6.92 Å². The Morgan fingerprint density at radius 1 is 1.39 bits per heavy atom. The van der Waals surface area contributed by atoms with Crippen LogP contribution >= 0.6 is 11.6 Å². The molecule has 0 bridgehead atoms. The Kier molecular flexibility index (Phi) is 3.53. The quantitative estimate of drug-likeness (QED) is 0.850. The predicted octanol–water partition coefficient (Wildman–Crippen LogP) is 2.83. The lowest BCUT2D eigenvalue weighted by atomic mass is 10.2. The summed E-state index contributed by atoms with van der Waals surface area (Å²) in [5.74, 6) is -0.799. The largest absolute Gasteiger partial charge is 0.306 e. The maximum atomic E-state index is 13.0. The van der Waals surface area contributed by atoms with E-state index in [-0.39, 0.29) is 10.7 Å². The van der Waals surface area contributed by atoms with E-state index in [2.05, 4.69) is 15.3 Å². The molecule has 0 spiro atoms. The van der Waals surface area contributed by atoms with Gasteiger partial charge in [-0.15, -0.1) is 0 Å². The number of hydrogen-bond donors (Lipinski definition) is 1. The van der Waals surface area contributed by atoms with Gasteiger partial charge in [0.1, 0.15) is 16.8 Å². The molecule has 0 aliphatic rings. The molecular weight excluding hydrogens is 257 g/mol. The maximum absolute atomic E-state index is 13.0. The minimum Gasteiger partial charge on any atom is -0.306 e. The number of halogens is 2. The van der Waals surface area contributed by atoms with Crippen molar-refractivity contribution < 1.29 is 9.18 Å². The van der Waals surface area contributed by atoms with Gasteiger partial charge in [0, 0.05) is 6.20 Å². The minimum absolute atomic E-state index is 0.0278. The molecule has 1 N–H and O–H groups in total. The van der Waals surface area contributed by atoms with E-state index in [0.717, 1.165) is 17.8 Å². The van der Waals surface area contributed by atoms with Gasteiger partial charge in [-0.05, 0) is 30.7 Å². The molecule has 0 aliphatic carbocycles. The first-order valence-corrected chi connectivity index (χ1v) is 5.49. The first kappa shape index (κ1) is 12.4. The molecule has 0 radical (unpaired) electrons. The number of carbonyl (C=O) groups excluding carboxylic acids is 1. The lowest BCUT2D eigenvalue weighted by Gasteiger charge is -2.06. The molecular formula is C12H9ClFN3O. The second-order valence-electron chi connectivity index (χ2n) is 3.66. The summed E-state index contributed by atoms with van der Waals surface area (Å²) in [5, 5.41) is 2.47. The van der Waals surface area contributed by atoms with Gasteiger partial charge in [0.05, 0.1) is 11.8 Å². The molecule has 0 aliphatic heterocycles. The zero-order valence-corrected chi connectivity index (χ0v) is 10.2.